The van der Waals surface area contributed by atoms with Gasteiger partial charge in [-0.3, -0.25) is 0 Å². The zero-order valence-electron chi connectivity index (χ0n) is 26.2. The van der Waals surface area contributed by atoms with Gasteiger partial charge >= 0.3 is 0 Å². The van der Waals surface area contributed by atoms with E-state index in [0.717, 1.165) is 0 Å². The van der Waals surface area contributed by atoms with Crippen LogP contribution >= 0.6 is 0 Å². The van der Waals surface area contributed by atoms with Gasteiger partial charge in [-0.25, -0.2) is 17.8 Å². The molecule has 18 nitrogen and oxygen atoms in total. The summed E-state index contributed by atoms with van der Waals surface area (Å²) in [6.45, 7) is -0.0488. The fraction of sp³-hybridized carbons (Fsp3) is 0.467. The average molecular weight is 701 g/mol. The van der Waals surface area contributed by atoms with Crippen molar-refractivity contribution in [3.8, 4) is 11.4 Å². The van der Waals surface area contributed by atoms with Gasteiger partial charge in [-0.15, -0.1) is 10.2 Å². The minimum absolute atomic E-state index is 0.0244. The van der Waals surface area contributed by atoms with Crippen LogP contribution < -0.4 is 22.9 Å². The first-order valence-corrected chi connectivity index (χ1v) is 17.1. The molecule has 0 unspecified atom stereocenters. The summed E-state index contributed by atoms with van der Waals surface area (Å²) < 4.78 is 41.1. The Morgan fingerprint density at radius 3 is 1.35 bits per heavy atom. The molecule has 0 aliphatic heterocycles. The minimum atomic E-state index is -3.87. The Morgan fingerprint density at radius 2 is 0.980 bits per heavy atom. The number of benzene rings is 2. The lowest BCUT2D eigenvalue weighted by Crippen LogP contribution is -2.61. The second-order valence-corrected chi connectivity index (χ2v) is 14.4. The zero-order chi connectivity index (χ0) is 35.0. The third-order valence-electron chi connectivity index (χ3n) is 8.94. The lowest BCUT2D eigenvalue weighted by Gasteiger charge is -2.39. The molecule has 2 heterocycles. The van der Waals surface area contributed by atoms with E-state index >= 15 is 0 Å². The van der Waals surface area contributed by atoms with Crippen LogP contribution in [0.25, 0.3) is 11.4 Å². The van der Waals surface area contributed by atoms with Crippen molar-refractivity contribution in [3.05, 3.63) is 72.3 Å². The van der Waals surface area contributed by atoms with Gasteiger partial charge in [0.1, 0.15) is 35.8 Å². The lowest BCUT2D eigenvalue weighted by atomic mass is 9.85. The van der Waals surface area contributed by atoms with Crippen molar-refractivity contribution < 1.29 is 38.3 Å². The van der Waals surface area contributed by atoms with E-state index in [-0.39, 0.29) is 23.0 Å². The Hall–Kier alpha value is -3.73. The Labute approximate surface area is 281 Å². The molecule has 0 amide bonds. The first-order chi connectivity index (χ1) is 23.3. The van der Waals surface area contributed by atoms with Gasteiger partial charge in [-0.05, 0) is 61.4 Å². The summed E-state index contributed by atoms with van der Waals surface area (Å²) in [7, 11) is -3.87. The van der Waals surface area contributed by atoms with Gasteiger partial charge in [-0.1, -0.05) is 10.4 Å². The molecule has 2 aromatic heterocycles. The van der Waals surface area contributed by atoms with Crippen molar-refractivity contribution in [3.63, 3.8) is 0 Å². The molecule has 2 aliphatic rings. The quantitative estimate of drug-likeness (QED) is 0.0818. The van der Waals surface area contributed by atoms with E-state index in [2.05, 4.69) is 20.6 Å². The number of aromatic nitrogens is 6. The van der Waals surface area contributed by atoms with Gasteiger partial charge in [0.25, 0.3) is 0 Å². The highest BCUT2D eigenvalue weighted by Crippen LogP contribution is 2.25. The van der Waals surface area contributed by atoms with Crippen LogP contribution in [0.1, 0.15) is 24.2 Å². The summed E-state index contributed by atoms with van der Waals surface area (Å²) >= 11 is 0. The van der Waals surface area contributed by atoms with E-state index in [1.165, 1.54) is 33.6 Å². The van der Waals surface area contributed by atoms with E-state index in [1.54, 1.807) is 36.7 Å². The normalized spacial score (nSPS) is 30.8. The molecule has 2 aliphatic carbocycles. The largest absolute Gasteiger partial charge is 0.389 e. The van der Waals surface area contributed by atoms with E-state index in [4.69, 9.17) is 32.4 Å². The maximum atomic E-state index is 13.4. The molecule has 0 bridgehead atoms. The fourth-order valence-corrected chi connectivity index (χ4v) is 7.32. The van der Waals surface area contributed by atoms with Crippen molar-refractivity contribution in [1.29, 1.82) is 0 Å². The maximum Gasteiger partial charge on any atom is 0.206 e. The van der Waals surface area contributed by atoms with Crippen LogP contribution in [0.3, 0.4) is 0 Å². The highest BCUT2D eigenvalue weighted by Gasteiger charge is 2.42. The molecule has 2 fully saturated rings. The van der Waals surface area contributed by atoms with Gasteiger partial charge in [0.2, 0.25) is 9.84 Å². The summed E-state index contributed by atoms with van der Waals surface area (Å²) in [4.78, 5) is 0.137. The molecule has 0 saturated heterocycles. The van der Waals surface area contributed by atoms with Gasteiger partial charge in [0, 0.05) is 24.2 Å². The molecule has 10 atom stereocenters. The predicted octanol–water partition coefficient (Wildman–Crippen LogP) is -2.99. The first-order valence-electron chi connectivity index (χ1n) is 15.6. The Morgan fingerprint density at radius 1 is 0.612 bits per heavy atom. The number of hydrogen-bond acceptors (Lipinski definition) is 16. The summed E-state index contributed by atoms with van der Waals surface area (Å²) in [5.41, 5.74) is 25.7. The van der Waals surface area contributed by atoms with Gasteiger partial charge < -0.3 is 52.8 Å². The molecule has 0 radical (unpaired) electrons. The molecular weight excluding hydrogens is 660 g/mol. The van der Waals surface area contributed by atoms with Crippen LogP contribution in [0.2, 0.25) is 0 Å². The van der Waals surface area contributed by atoms with E-state index in [0.29, 0.717) is 35.6 Å². The van der Waals surface area contributed by atoms with Gasteiger partial charge in [-0.2, -0.15) is 0 Å². The number of nitrogens with two attached hydrogens (primary N) is 4. The molecule has 0 spiro atoms. The lowest BCUT2D eigenvalue weighted by molar-refractivity contribution is -0.132. The Bertz CT molecular complexity index is 1700. The third-order valence-corrected chi connectivity index (χ3v) is 10.7. The second kappa shape index (κ2) is 14.2. The highest BCUT2D eigenvalue weighted by atomic mass is 32.2. The average Bonchev–Trinajstić information content (AvgIpc) is 3.77. The van der Waals surface area contributed by atoms with Crippen LogP contribution in [0.5, 0.6) is 0 Å². The van der Waals surface area contributed by atoms with Gasteiger partial charge in [0.05, 0.1) is 59.0 Å². The summed E-state index contributed by atoms with van der Waals surface area (Å²) in [5.74, 6) is 0. The van der Waals surface area contributed by atoms with E-state index < -0.39 is 70.6 Å². The minimum Gasteiger partial charge on any atom is -0.389 e. The molecule has 264 valence electrons. The number of hydrogen-bond donors (Lipinski definition) is 8. The number of aliphatic hydroxyl groups is 4. The van der Waals surface area contributed by atoms with Crippen molar-refractivity contribution in [2.24, 2.45) is 22.9 Å². The summed E-state index contributed by atoms with van der Waals surface area (Å²) in [5, 5.41) is 57.0. The second-order valence-electron chi connectivity index (χ2n) is 12.4. The smallest absolute Gasteiger partial charge is 0.206 e. The summed E-state index contributed by atoms with van der Waals surface area (Å²) in [6, 6.07) is 9.81. The molecule has 2 saturated carbocycles. The molecule has 49 heavy (non-hydrogen) atoms. The number of ether oxygens (including phenoxy) is 2. The molecule has 12 N–H and O–H groups in total. The number of sulfone groups is 1. The van der Waals surface area contributed by atoms with Crippen LogP contribution in [0.15, 0.2) is 70.7 Å². The monoisotopic (exact) mass is 700 g/mol. The first kappa shape index (κ1) is 35.1. The molecule has 2 aromatic carbocycles. The molecule has 6 rings (SSSR count). The fourth-order valence-electron chi connectivity index (χ4n) is 6.06. The highest BCUT2D eigenvalue weighted by molar-refractivity contribution is 7.91. The van der Waals surface area contributed by atoms with E-state index in [1.807, 2.05) is 0 Å². The standard InChI is InChI=1S/C30H40N10O8S/c31-21-9-23(33)29(27(43)25(21)41)47-13-15-11-39(37-35-15)17-1-5-19(6-2-17)49(45,46)20-7-3-18(4-8-20)40-12-16(36-38-40)14-48-30-24(34)10-22(32)26(42)28(30)44/h1-8,11-12,21-30,41-44H,9-10,13-14,31-34H2/t21-,22-,23+,24+,25+,26+,27-,28-,29-,30-/m1/s1. The molecular formula is C30H40N10O8S. The molecule has 4 aromatic rings. The topological polar surface area (TPSA) is 299 Å². The Kier molecular flexibility index (Phi) is 10.2. The van der Waals surface area contributed by atoms with E-state index in [9.17, 15) is 28.8 Å². The van der Waals surface area contributed by atoms with Crippen LogP contribution in [-0.4, -0.2) is 120 Å². The van der Waals surface area contributed by atoms with Crippen molar-refractivity contribution in [2.75, 3.05) is 0 Å². The van der Waals surface area contributed by atoms with Crippen LogP contribution in [-0.2, 0) is 32.5 Å². The van der Waals surface area contributed by atoms with Crippen molar-refractivity contribution in [2.45, 2.75) is 96.6 Å². The number of nitrogens with zero attached hydrogens (tertiary/aromatic N) is 6. The predicted molar refractivity (Wildman–Crippen MR) is 170 cm³/mol. The van der Waals surface area contributed by atoms with Gasteiger partial charge in [0.15, 0.2) is 0 Å². The number of aliphatic hydroxyl groups excluding tert-OH is 4. The molecule has 19 heteroatoms. The zero-order valence-corrected chi connectivity index (χ0v) is 27.0. The van der Waals surface area contributed by atoms with Crippen molar-refractivity contribution in [1.82, 2.24) is 30.0 Å². The summed E-state index contributed by atoms with van der Waals surface area (Å²) in [6.07, 6.45) is -2.64. The SMILES string of the molecule is N[C@@H]1C[C@H](N)[C@@H](OCc2cn(-c3ccc(S(=O)(=O)c4ccc(-n5cc(CO[C@H]6[C@H](O)[C@@H](O)[C@H](N)C[C@@H]6N)nn5)cc4)cc3)nn2)[C@H](O)[C@H]1O. The number of rotatable bonds is 10. The van der Waals surface area contributed by atoms with Crippen LogP contribution in [0, 0.1) is 0 Å². The van der Waals surface area contributed by atoms with Crippen LogP contribution in [0.4, 0.5) is 0 Å². The maximum absolute atomic E-state index is 13.4. The van der Waals surface area contributed by atoms with Crippen molar-refractivity contribution >= 4 is 9.84 Å². The third kappa shape index (κ3) is 7.28. The Balaban J connectivity index is 1.06.